The standard InChI is InChI=1S/C12H12O3S/c1-2-3-4-5-12(13)15-10-6-8-11(16-14)9-7-10/h2-9,14H,1H3. The summed E-state index contributed by atoms with van der Waals surface area (Å²) >= 11 is 0.650. The molecule has 0 amide bonds. The molecule has 0 radical (unpaired) electrons. The van der Waals surface area contributed by atoms with Gasteiger partial charge >= 0.3 is 5.97 Å². The Hall–Kier alpha value is -1.52. The first-order valence-electron chi connectivity index (χ1n) is 4.69. The Labute approximate surface area is 98.6 Å². The summed E-state index contributed by atoms with van der Waals surface area (Å²) in [4.78, 5) is 11.9. The van der Waals surface area contributed by atoms with Crippen LogP contribution in [-0.4, -0.2) is 10.5 Å². The monoisotopic (exact) mass is 236 g/mol. The molecular formula is C12H12O3S. The lowest BCUT2D eigenvalue weighted by Gasteiger charge is -2.01. The van der Waals surface area contributed by atoms with Crippen LogP contribution in [0.5, 0.6) is 5.75 Å². The Bertz CT molecular complexity index is 393. The third-order valence-electron chi connectivity index (χ3n) is 1.68. The van der Waals surface area contributed by atoms with Crippen LogP contribution in [0.15, 0.2) is 53.5 Å². The van der Waals surface area contributed by atoms with Crippen molar-refractivity contribution in [1.29, 1.82) is 0 Å². The molecule has 0 atom stereocenters. The smallest absolute Gasteiger partial charge is 0.336 e. The van der Waals surface area contributed by atoms with E-state index in [0.29, 0.717) is 22.7 Å². The molecule has 1 N–H and O–H groups in total. The second-order valence-electron chi connectivity index (χ2n) is 2.87. The average Bonchev–Trinajstić information content (AvgIpc) is 2.30. The molecule has 0 unspecified atom stereocenters. The molecule has 0 fully saturated rings. The van der Waals surface area contributed by atoms with Gasteiger partial charge < -0.3 is 9.29 Å². The molecule has 0 aliphatic rings. The van der Waals surface area contributed by atoms with E-state index < -0.39 is 5.97 Å². The molecule has 0 saturated carbocycles. The van der Waals surface area contributed by atoms with Crippen LogP contribution in [0.2, 0.25) is 0 Å². The topological polar surface area (TPSA) is 46.5 Å². The highest BCUT2D eigenvalue weighted by Gasteiger charge is 1.99. The minimum absolute atomic E-state index is 0.428. The first kappa shape index (κ1) is 12.5. The van der Waals surface area contributed by atoms with E-state index in [2.05, 4.69) is 0 Å². The van der Waals surface area contributed by atoms with Crippen molar-refractivity contribution in [2.75, 3.05) is 0 Å². The van der Waals surface area contributed by atoms with Gasteiger partial charge in [0, 0.05) is 23.0 Å². The Kier molecular flexibility index (Phi) is 5.39. The summed E-state index contributed by atoms with van der Waals surface area (Å²) in [5, 5.41) is 0. The van der Waals surface area contributed by atoms with Gasteiger partial charge in [-0.25, -0.2) is 4.79 Å². The molecule has 16 heavy (non-hydrogen) atoms. The maximum absolute atomic E-state index is 11.2. The van der Waals surface area contributed by atoms with Gasteiger partial charge in [-0.15, -0.1) is 0 Å². The zero-order chi connectivity index (χ0) is 11.8. The molecule has 0 bridgehead atoms. The maximum atomic E-state index is 11.2. The molecule has 0 aliphatic heterocycles. The summed E-state index contributed by atoms with van der Waals surface area (Å²) in [5.41, 5.74) is 0. The van der Waals surface area contributed by atoms with Gasteiger partial charge in [-0.1, -0.05) is 18.2 Å². The molecule has 0 heterocycles. The lowest BCUT2D eigenvalue weighted by Crippen LogP contribution is -2.03. The summed E-state index contributed by atoms with van der Waals surface area (Å²) in [6, 6.07) is 6.59. The van der Waals surface area contributed by atoms with Gasteiger partial charge in [-0.2, -0.15) is 0 Å². The number of carbonyl (C=O) groups is 1. The van der Waals surface area contributed by atoms with Crippen molar-refractivity contribution in [3.05, 3.63) is 48.6 Å². The fraction of sp³-hybridized carbons (Fsp3) is 0.0833. The summed E-state index contributed by atoms with van der Waals surface area (Å²) in [6.45, 7) is 1.86. The lowest BCUT2D eigenvalue weighted by atomic mass is 10.3. The number of benzene rings is 1. The molecule has 0 saturated heterocycles. The quantitative estimate of drug-likeness (QED) is 0.286. The summed E-state index contributed by atoms with van der Waals surface area (Å²) in [6.07, 6.45) is 6.51. The molecule has 0 aromatic heterocycles. The van der Waals surface area contributed by atoms with Gasteiger partial charge in [0.1, 0.15) is 5.75 Å². The van der Waals surface area contributed by atoms with Crippen LogP contribution in [0.4, 0.5) is 0 Å². The minimum Gasteiger partial charge on any atom is -0.423 e. The Morgan fingerprint density at radius 3 is 2.56 bits per heavy atom. The Morgan fingerprint density at radius 2 is 2.00 bits per heavy atom. The summed E-state index contributed by atoms with van der Waals surface area (Å²) < 4.78 is 13.8. The van der Waals surface area contributed by atoms with E-state index in [9.17, 15) is 4.79 Å². The van der Waals surface area contributed by atoms with E-state index in [1.165, 1.54) is 6.08 Å². The van der Waals surface area contributed by atoms with Crippen LogP contribution < -0.4 is 4.74 Å². The molecule has 1 aromatic rings. The number of carbonyl (C=O) groups excluding carboxylic acids is 1. The first-order chi connectivity index (χ1) is 7.76. The van der Waals surface area contributed by atoms with Crippen molar-refractivity contribution in [2.45, 2.75) is 11.8 Å². The summed E-state index contributed by atoms with van der Waals surface area (Å²) in [5.74, 6) is 0.0235. The fourth-order valence-electron chi connectivity index (χ4n) is 0.964. The highest BCUT2D eigenvalue weighted by molar-refractivity contribution is 7.93. The molecule has 3 nitrogen and oxygen atoms in total. The predicted octanol–water partition coefficient (Wildman–Crippen LogP) is 3.29. The minimum atomic E-state index is -0.428. The predicted molar refractivity (Wildman–Crippen MR) is 64.5 cm³/mol. The van der Waals surface area contributed by atoms with Gasteiger partial charge in [0.25, 0.3) is 0 Å². The molecule has 1 rings (SSSR count). The van der Waals surface area contributed by atoms with E-state index in [0.717, 1.165) is 0 Å². The molecule has 1 aromatic carbocycles. The second-order valence-corrected chi connectivity index (χ2v) is 3.52. The lowest BCUT2D eigenvalue weighted by molar-refractivity contribution is -0.128. The normalized spacial score (nSPS) is 11.1. The zero-order valence-corrected chi connectivity index (χ0v) is 9.61. The van der Waals surface area contributed by atoms with Crippen molar-refractivity contribution in [3.63, 3.8) is 0 Å². The molecule has 4 heteroatoms. The maximum Gasteiger partial charge on any atom is 0.336 e. The van der Waals surface area contributed by atoms with Crippen LogP contribution in [0.1, 0.15) is 6.92 Å². The number of rotatable bonds is 4. The third kappa shape index (κ3) is 4.33. The van der Waals surface area contributed by atoms with E-state index in [4.69, 9.17) is 9.29 Å². The largest absolute Gasteiger partial charge is 0.423 e. The zero-order valence-electron chi connectivity index (χ0n) is 8.79. The van der Waals surface area contributed by atoms with Crippen LogP contribution in [0.3, 0.4) is 0 Å². The van der Waals surface area contributed by atoms with Crippen molar-refractivity contribution in [2.24, 2.45) is 0 Å². The first-order valence-corrected chi connectivity index (χ1v) is 5.46. The number of hydrogen-bond donors (Lipinski definition) is 1. The van der Waals surface area contributed by atoms with E-state index >= 15 is 0 Å². The number of ether oxygens (including phenoxy) is 1. The number of hydrogen-bond acceptors (Lipinski definition) is 4. The van der Waals surface area contributed by atoms with Crippen molar-refractivity contribution < 1.29 is 14.1 Å². The number of esters is 1. The molecule has 0 spiro atoms. The Balaban J connectivity index is 2.56. The van der Waals surface area contributed by atoms with Crippen molar-refractivity contribution in [3.8, 4) is 5.75 Å². The second kappa shape index (κ2) is 6.87. The van der Waals surface area contributed by atoms with E-state index in [1.807, 2.05) is 13.0 Å². The van der Waals surface area contributed by atoms with Gasteiger partial charge in [0.2, 0.25) is 0 Å². The van der Waals surface area contributed by atoms with Crippen molar-refractivity contribution >= 4 is 18.0 Å². The van der Waals surface area contributed by atoms with E-state index in [1.54, 1.807) is 36.4 Å². The van der Waals surface area contributed by atoms with Crippen LogP contribution >= 0.6 is 12.0 Å². The molecule has 0 aliphatic carbocycles. The number of allylic oxidation sites excluding steroid dienone is 3. The van der Waals surface area contributed by atoms with Gasteiger partial charge in [-0.3, -0.25) is 0 Å². The average molecular weight is 236 g/mol. The van der Waals surface area contributed by atoms with Crippen molar-refractivity contribution in [1.82, 2.24) is 0 Å². The van der Waals surface area contributed by atoms with Crippen LogP contribution in [0, 0.1) is 0 Å². The molecule has 84 valence electrons. The SMILES string of the molecule is CC=CC=CC(=O)Oc1ccc(SO)cc1. The van der Waals surface area contributed by atoms with Gasteiger partial charge in [0.05, 0.1) is 0 Å². The molecular weight excluding hydrogens is 224 g/mol. The Morgan fingerprint density at radius 1 is 1.31 bits per heavy atom. The van der Waals surface area contributed by atoms with Gasteiger partial charge in [0.15, 0.2) is 0 Å². The summed E-state index contributed by atoms with van der Waals surface area (Å²) in [7, 11) is 0. The highest BCUT2D eigenvalue weighted by Crippen LogP contribution is 2.18. The fourth-order valence-corrected chi connectivity index (χ4v) is 1.22. The van der Waals surface area contributed by atoms with E-state index in [-0.39, 0.29) is 0 Å². The van der Waals surface area contributed by atoms with Crippen LogP contribution in [0.25, 0.3) is 0 Å². The third-order valence-corrected chi connectivity index (χ3v) is 2.17. The van der Waals surface area contributed by atoms with Gasteiger partial charge in [-0.05, 0) is 31.2 Å². The highest BCUT2D eigenvalue weighted by atomic mass is 32.2. The van der Waals surface area contributed by atoms with Crippen LogP contribution in [-0.2, 0) is 4.79 Å².